The van der Waals surface area contributed by atoms with Crippen LogP contribution in [0.25, 0.3) is 0 Å². The summed E-state index contributed by atoms with van der Waals surface area (Å²) >= 11 is 0. The Balaban J connectivity index is 1.98. The fraction of sp³-hybridized carbons (Fsp3) is 0.176. The lowest BCUT2D eigenvalue weighted by atomic mass is 10.2. The van der Waals surface area contributed by atoms with E-state index in [0.29, 0.717) is 23.6 Å². The minimum atomic E-state index is -0.228. The number of para-hydroxylation sites is 3. The van der Waals surface area contributed by atoms with Crippen molar-refractivity contribution in [3.63, 3.8) is 0 Å². The molecule has 2 aromatic rings. The molecule has 0 aromatic heterocycles. The van der Waals surface area contributed by atoms with Crippen molar-refractivity contribution >= 4 is 17.3 Å². The zero-order valence-electron chi connectivity index (χ0n) is 12.3. The normalized spacial score (nSPS) is 9.64. The predicted molar refractivity (Wildman–Crippen MR) is 85.9 cm³/mol. The van der Waals surface area contributed by atoms with Crippen LogP contribution in [0.3, 0.4) is 0 Å². The molecular weight excluding hydrogens is 278 g/mol. The van der Waals surface area contributed by atoms with E-state index in [9.17, 15) is 4.79 Å². The van der Waals surface area contributed by atoms with Crippen molar-refractivity contribution in [2.45, 2.75) is 6.92 Å². The van der Waals surface area contributed by atoms with Gasteiger partial charge in [0.1, 0.15) is 11.8 Å². The summed E-state index contributed by atoms with van der Waals surface area (Å²) in [4.78, 5) is 12.0. The number of amides is 1. The summed E-state index contributed by atoms with van der Waals surface area (Å²) in [5, 5.41) is 14.8. The van der Waals surface area contributed by atoms with Gasteiger partial charge in [0.25, 0.3) is 0 Å². The van der Waals surface area contributed by atoms with E-state index in [1.807, 2.05) is 37.3 Å². The number of carbonyl (C=O) groups excluding carboxylic acids is 1. The number of nitrogens with one attached hydrogen (secondary N) is 2. The molecule has 0 spiro atoms. The average Bonchev–Trinajstić information content (AvgIpc) is 2.55. The minimum absolute atomic E-state index is 0.0872. The fourth-order valence-corrected chi connectivity index (χ4v) is 1.95. The third-order valence-corrected chi connectivity index (χ3v) is 2.95. The van der Waals surface area contributed by atoms with Gasteiger partial charge >= 0.3 is 0 Å². The molecular formula is C17H17N3O2. The van der Waals surface area contributed by atoms with Crippen molar-refractivity contribution in [3.8, 4) is 11.8 Å². The molecule has 0 saturated carbocycles. The minimum Gasteiger partial charge on any atom is -0.492 e. The number of hydrogen-bond donors (Lipinski definition) is 2. The summed E-state index contributed by atoms with van der Waals surface area (Å²) in [7, 11) is 0. The van der Waals surface area contributed by atoms with E-state index in [4.69, 9.17) is 10.00 Å². The van der Waals surface area contributed by atoms with Gasteiger partial charge in [0.2, 0.25) is 5.91 Å². The molecule has 0 aliphatic heterocycles. The quantitative estimate of drug-likeness (QED) is 0.859. The van der Waals surface area contributed by atoms with E-state index in [2.05, 4.69) is 10.6 Å². The summed E-state index contributed by atoms with van der Waals surface area (Å²) in [6, 6.07) is 16.4. The molecule has 0 radical (unpaired) electrons. The molecule has 22 heavy (non-hydrogen) atoms. The van der Waals surface area contributed by atoms with Crippen molar-refractivity contribution in [3.05, 3.63) is 54.1 Å². The standard InChI is InChI=1S/C17H17N3O2/c1-2-22-16-10-6-5-9-15(16)19-12-17(21)20-14-8-4-3-7-13(14)11-18/h3-10,19H,2,12H2,1H3,(H,20,21). The first kappa shape index (κ1) is 15.4. The molecule has 2 N–H and O–H groups in total. The van der Waals surface area contributed by atoms with Crippen LogP contribution in [0.15, 0.2) is 48.5 Å². The Labute approximate surface area is 129 Å². The molecule has 2 aromatic carbocycles. The Morgan fingerprint density at radius 1 is 1.14 bits per heavy atom. The Bertz CT molecular complexity index is 692. The molecule has 0 atom stereocenters. The average molecular weight is 295 g/mol. The van der Waals surface area contributed by atoms with Crippen LogP contribution in [0.1, 0.15) is 12.5 Å². The lowest BCUT2D eigenvalue weighted by Crippen LogP contribution is -2.22. The Kier molecular flexibility index (Phi) is 5.38. The zero-order chi connectivity index (χ0) is 15.8. The number of benzene rings is 2. The highest BCUT2D eigenvalue weighted by Gasteiger charge is 2.08. The maximum absolute atomic E-state index is 12.0. The Morgan fingerprint density at radius 2 is 1.82 bits per heavy atom. The third kappa shape index (κ3) is 4.00. The summed E-state index contributed by atoms with van der Waals surface area (Å²) in [5.41, 5.74) is 1.70. The molecule has 0 saturated heterocycles. The van der Waals surface area contributed by atoms with Gasteiger partial charge in [-0.05, 0) is 31.2 Å². The Hall–Kier alpha value is -3.00. The predicted octanol–water partition coefficient (Wildman–Crippen LogP) is 3.01. The van der Waals surface area contributed by atoms with E-state index in [1.165, 1.54) is 0 Å². The van der Waals surface area contributed by atoms with Crippen LogP contribution in [0.2, 0.25) is 0 Å². The highest BCUT2D eigenvalue weighted by molar-refractivity contribution is 5.95. The van der Waals surface area contributed by atoms with Crippen LogP contribution in [-0.4, -0.2) is 19.1 Å². The second-order valence-corrected chi connectivity index (χ2v) is 4.49. The van der Waals surface area contributed by atoms with Crippen molar-refractivity contribution in [1.82, 2.24) is 0 Å². The number of anilines is 2. The maximum Gasteiger partial charge on any atom is 0.243 e. The molecule has 0 aliphatic carbocycles. The molecule has 112 valence electrons. The molecule has 0 heterocycles. The van der Waals surface area contributed by atoms with Crippen LogP contribution >= 0.6 is 0 Å². The van der Waals surface area contributed by atoms with Gasteiger partial charge in [-0.3, -0.25) is 4.79 Å². The van der Waals surface area contributed by atoms with Crippen molar-refractivity contribution in [2.24, 2.45) is 0 Å². The number of carbonyl (C=O) groups is 1. The van der Waals surface area contributed by atoms with Gasteiger partial charge in [-0.15, -0.1) is 0 Å². The van der Waals surface area contributed by atoms with Gasteiger partial charge in [-0.1, -0.05) is 24.3 Å². The highest BCUT2D eigenvalue weighted by Crippen LogP contribution is 2.23. The van der Waals surface area contributed by atoms with Crippen LogP contribution < -0.4 is 15.4 Å². The SMILES string of the molecule is CCOc1ccccc1NCC(=O)Nc1ccccc1C#N. The third-order valence-electron chi connectivity index (χ3n) is 2.95. The van der Waals surface area contributed by atoms with Crippen LogP contribution in [0.5, 0.6) is 5.75 Å². The van der Waals surface area contributed by atoms with E-state index >= 15 is 0 Å². The molecule has 5 heteroatoms. The van der Waals surface area contributed by atoms with E-state index in [0.717, 1.165) is 5.69 Å². The second kappa shape index (κ2) is 7.70. The van der Waals surface area contributed by atoms with Gasteiger partial charge in [0.15, 0.2) is 0 Å². The first-order valence-corrected chi connectivity index (χ1v) is 6.99. The van der Waals surface area contributed by atoms with Gasteiger partial charge in [-0.2, -0.15) is 5.26 Å². The lowest BCUT2D eigenvalue weighted by molar-refractivity contribution is -0.114. The van der Waals surface area contributed by atoms with Gasteiger partial charge in [0.05, 0.1) is 30.1 Å². The highest BCUT2D eigenvalue weighted by atomic mass is 16.5. The lowest BCUT2D eigenvalue weighted by Gasteiger charge is -2.12. The number of nitriles is 1. The maximum atomic E-state index is 12.0. The number of ether oxygens (including phenoxy) is 1. The smallest absolute Gasteiger partial charge is 0.243 e. The molecule has 0 fully saturated rings. The molecule has 0 aliphatic rings. The van der Waals surface area contributed by atoms with Gasteiger partial charge in [0, 0.05) is 0 Å². The monoisotopic (exact) mass is 295 g/mol. The van der Waals surface area contributed by atoms with E-state index < -0.39 is 0 Å². The summed E-state index contributed by atoms with van der Waals surface area (Å²) in [5.74, 6) is 0.476. The van der Waals surface area contributed by atoms with Crippen molar-refractivity contribution < 1.29 is 9.53 Å². The van der Waals surface area contributed by atoms with Crippen molar-refractivity contribution in [1.29, 1.82) is 5.26 Å². The number of rotatable bonds is 6. The molecule has 1 amide bonds. The van der Waals surface area contributed by atoms with Crippen molar-refractivity contribution in [2.75, 3.05) is 23.8 Å². The van der Waals surface area contributed by atoms with Crippen LogP contribution in [-0.2, 0) is 4.79 Å². The zero-order valence-corrected chi connectivity index (χ0v) is 12.3. The van der Waals surface area contributed by atoms with Gasteiger partial charge in [-0.25, -0.2) is 0 Å². The molecule has 0 unspecified atom stereocenters. The second-order valence-electron chi connectivity index (χ2n) is 4.49. The van der Waals surface area contributed by atoms with Crippen LogP contribution in [0.4, 0.5) is 11.4 Å². The summed E-state index contributed by atoms with van der Waals surface area (Å²) in [6.07, 6.45) is 0. The fourth-order valence-electron chi connectivity index (χ4n) is 1.95. The van der Waals surface area contributed by atoms with E-state index in [1.54, 1.807) is 24.3 Å². The molecule has 2 rings (SSSR count). The summed E-state index contributed by atoms with van der Waals surface area (Å²) < 4.78 is 5.49. The molecule has 5 nitrogen and oxygen atoms in total. The van der Waals surface area contributed by atoms with Gasteiger partial charge < -0.3 is 15.4 Å². The molecule has 0 bridgehead atoms. The first-order chi connectivity index (χ1) is 10.7. The summed E-state index contributed by atoms with van der Waals surface area (Å²) in [6.45, 7) is 2.55. The van der Waals surface area contributed by atoms with Crippen LogP contribution in [0, 0.1) is 11.3 Å². The Morgan fingerprint density at radius 3 is 2.55 bits per heavy atom. The largest absolute Gasteiger partial charge is 0.492 e. The number of nitrogens with zero attached hydrogens (tertiary/aromatic N) is 1. The van der Waals surface area contributed by atoms with E-state index in [-0.39, 0.29) is 12.5 Å². The number of hydrogen-bond acceptors (Lipinski definition) is 4. The topological polar surface area (TPSA) is 74.2 Å². The first-order valence-electron chi connectivity index (χ1n) is 6.99.